The van der Waals surface area contributed by atoms with E-state index in [-0.39, 0.29) is 10.8 Å². The summed E-state index contributed by atoms with van der Waals surface area (Å²) in [5.74, 6) is 0.277. The standard InChI is InChI=1S/C20H31N3O3S/c1-16(2)22-12-6-8-17(15-22)14-21-20(24)19-11-7-13-23(19)27(25,26)18-9-4-3-5-10-18/h3-5,9-10,16-17,19H,6-8,11-15H2,1-2H3,(H,21,24). The molecule has 7 heteroatoms. The van der Waals surface area contributed by atoms with Gasteiger partial charge in [0.1, 0.15) is 6.04 Å². The number of sulfonamides is 1. The van der Waals surface area contributed by atoms with Gasteiger partial charge in [-0.3, -0.25) is 4.79 Å². The third-order valence-electron chi connectivity index (χ3n) is 5.70. The molecule has 2 saturated heterocycles. The predicted molar refractivity (Wildman–Crippen MR) is 106 cm³/mol. The van der Waals surface area contributed by atoms with Gasteiger partial charge in [-0.2, -0.15) is 4.31 Å². The highest BCUT2D eigenvalue weighted by Crippen LogP contribution is 2.26. The van der Waals surface area contributed by atoms with Crippen LogP contribution in [0.3, 0.4) is 0 Å². The van der Waals surface area contributed by atoms with E-state index < -0.39 is 16.1 Å². The molecule has 1 aromatic carbocycles. The van der Waals surface area contributed by atoms with Crippen molar-refractivity contribution in [2.24, 2.45) is 5.92 Å². The van der Waals surface area contributed by atoms with Gasteiger partial charge in [0.15, 0.2) is 0 Å². The summed E-state index contributed by atoms with van der Waals surface area (Å²) in [6.45, 7) is 7.54. The van der Waals surface area contributed by atoms with Crippen LogP contribution in [0.1, 0.15) is 39.5 Å². The van der Waals surface area contributed by atoms with Crippen molar-refractivity contribution < 1.29 is 13.2 Å². The Labute approximate surface area is 163 Å². The first-order valence-electron chi connectivity index (χ1n) is 9.98. The normalized spacial score (nSPS) is 25.0. The fourth-order valence-corrected chi connectivity index (χ4v) is 5.79. The van der Waals surface area contributed by atoms with Crippen LogP contribution >= 0.6 is 0 Å². The Morgan fingerprint density at radius 3 is 2.56 bits per heavy atom. The molecule has 2 atom stereocenters. The number of hydrogen-bond donors (Lipinski definition) is 1. The second-order valence-corrected chi connectivity index (χ2v) is 9.82. The average molecular weight is 394 g/mol. The van der Waals surface area contributed by atoms with Crippen molar-refractivity contribution in [2.45, 2.75) is 56.5 Å². The number of benzene rings is 1. The molecule has 2 aliphatic heterocycles. The van der Waals surface area contributed by atoms with E-state index in [0.717, 1.165) is 25.9 Å². The number of nitrogens with one attached hydrogen (secondary N) is 1. The van der Waals surface area contributed by atoms with Crippen LogP contribution in [0.4, 0.5) is 0 Å². The largest absolute Gasteiger partial charge is 0.354 e. The fraction of sp³-hybridized carbons (Fsp3) is 0.650. The summed E-state index contributed by atoms with van der Waals surface area (Å²) in [4.78, 5) is 15.5. The Hall–Kier alpha value is -1.44. The van der Waals surface area contributed by atoms with E-state index in [2.05, 4.69) is 24.1 Å². The minimum Gasteiger partial charge on any atom is -0.354 e. The van der Waals surface area contributed by atoms with Crippen LogP contribution in [0, 0.1) is 5.92 Å². The number of rotatable bonds is 6. The van der Waals surface area contributed by atoms with Crippen LogP contribution < -0.4 is 5.32 Å². The predicted octanol–water partition coefficient (Wildman–Crippen LogP) is 2.08. The monoisotopic (exact) mass is 393 g/mol. The minimum absolute atomic E-state index is 0.159. The number of hydrogen-bond acceptors (Lipinski definition) is 4. The SMILES string of the molecule is CC(C)N1CCCC(CNC(=O)C2CCCN2S(=O)(=O)c2ccccc2)C1. The highest BCUT2D eigenvalue weighted by atomic mass is 32.2. The lowest BCUT2D eigenvalue weighted by Crippen LogP contribution is -2.49. The maximum Gasteiger partial charge on any atom is 0.243 e. The van der Waals surface area contributed by atoms with Crippen LogP contribution in [0.2, 0.25) is 0 Å². The first-order valence-corrected chi connectivity index (χ1v) is 11.4. The average Bonchev–Trinajstić information content (AvgIpc) is 3.18. The van der Waals surface area contributed by atoms with Crippen LogP contribution in [0.15, 0.2) is 35.2 Å². The van der Waals surface area contributed by atoms with Gasteiger partial charge in [0.25, 0.3) is 0 Å². The van der Waals surface area contributed by atoms with Crippen molar-refractivity contribution in [2.75, 3.05) is 26.2 Å². The zero-order valence-electron chi connectivity index (χ0n) is 16.3. The Morgan fingerprint density at radius 1 is 1.15 bits per heavy atom. The van der Waals surface area contributed by atoms with Gasteiger partial charge in [-0.05, 0) is 64.1 Å². The van der Waals surface area contributed by atoms with Crippen LogP contribution in [0.25, 0.3) is 0 Å². The van der Waals surface area contributed by atoms with Crippen LogP contribution in [-0.4, -0.2) is 61.8 Å². The summed E-state index contributed by atoms with van der Waals surface area (Å²) in [7, 11) is -3.63. The number of nitrogens with zero attached hydrogens (tertiary/aromatic N) is 2. The van der Waals surface area contributed by atoms with E-state index in [0.29, 0.717) is 37.9 Å². The molecule has 1 N–H and O–H groups in total. The van der Waals surface area contributed by atoms with Gasteiger partial charge in [-0.1, -0.05) is 18.2 Å². The van der Waals surface area contributed by atoms with Crippen molar-refractivity contribution in [1.82, 2.24) is 14.5 Å². The second kappa shape index (κ2) is 8.71. The molecule has 2 aliphatic rings. The number of piperidine rings is 1. The minimum atomic E-state index is -3.63. The van der Waals surface area contributed by atoms with Gasteiger partial charge in [0, 0.05) is 25.7 Å². The highest BCUT2D eigenvalue weighted by Gasteiger charge is 2.39. The highest BCUT2D eigenvalue weighted by molar-refractivity contribution is 7.89. The quantitative estimate of drug-likeness (QED) is 0.803. The number of carbonyl (C=O) groups excluding carboxylic acids is 1. The van der Waals surface area contributed by atoms with E-state index >= 15 is 0 Å². The van der Waals surface area contributed by atoms with Gasteiger partial charge in [-0.15, -0.1) is 0 Å². The van der Waals surface area contributed by atoms with Gasteiger partial charge >= 0.3 is 0 Å². The molecule has 2 fully saturated rings. The Bertz CT molecular complexity index is 736. The Morgan fingerprint density at radius 2 is 1.85 bits per heavy atom. The maximum absolute atomic E-state index is 12.9. The molecule has 0 aliphatic carbocycles. The van der Waals surface area contributed by atoms with Gasteiger partial charge in [0.2, 0.25) is 15.9 Å². The molecule has 0 radical (unpaired) electrons. The number of likely N-dealkylation sites (tertiary alicyclic amines) is 1. The van der Waals surface area contributed by atoms with E-state index in [9.17, 15) is 13.2 Å². The van der Waals surface area contributed by atoms with E-state index in [1.165, 1.54) is 4.31 Å². The first kappa shape index (κ1) is 20.3. The topological polar surface area (TPSA) is 69.7 Å². The van der Waals surface area contributed by atoms with Crippen molar-refractivity contribution in [1.29, 1.82) is 0 Å². The third-order valence-corrected chi connectivity index (χ3v) is 7.62. The molecule has 2 heterocycles. The third kappa shape index (κ3) is 4.70. The molecular weight excluding hydrogens is 362 g/mol. The molecule has 1 aromatic rings. The summed E-state index contributed by atoms with van der Waals surface area (Å²) in [5, 5.41) is 3.04. The molecule has 150 valence electrons. The van der Waals surface area contributed by atoms with Crippen LogP contribution in [0.5, 0.6) is 0 Å². The number of carbonyl (C=O) groups is 1. The smallest absolute Gasteiger partial charge is 0.243 e. The lowest BCUT2D eigenvalue weighted by atomic mass is 9.97. The van der Waals surface area contributed by atoms with Gasteiger partial charge < -0.3 is 10.2 Å². The van der Waals surface area contributed by atoms with Crippen molar-refractivity contribution >= 4 is 15.9 Å². The molecule has 27 heavy (non-hydrogen) atoms. The van der Waals surface area contributed by atoms with E-state index in [1.807, 2.05) is 0 Å². The summed E-state index contributed by atoms with van der Waals surface area (Å²) in [6, 6.07) is 8.31. The lowest BCUT2D eigenvalue weighted by molar-refractivity contribution is -0.124. The van der Waals surface area contributed by atoms with E-state index in [1.54, 1.807) is 30.3 Å². The Balaban J connectivity index is 1.61. The molecule has 0 spiro atoms. The molecule has 0 saturated carbocycles. The van der Waals surface area contributed by atoms with Crippen molar-refractivity contribution in [3.05, 3.63) is 30.3 Å². The van der Waals surface area contributed by atoms with Crippen molar-refractivity contribution in [3.63, 3.8) is 0 Å². The zero-order chi connectivity index (χ0) is 19.4. The summed E-state index contributed by atoms with van der Waals surface area (Å²) in [5.41, 5.74) is 0. The molecule has 0 aromatic heterocycles. The summed E-state index contributed by atoms with van der Waals surface area (Å²) >= 11 is 0. The first-order chi connectivity index (χ1) is 12.9. The molecule has 0 bridgehead atoms. The second-order valence-electron chi connectivity index (χ2n) is 7.93. The molecule has 1 amide bonds. The number of amides is 1. The molecule has 2 unspecified atom stereocenters. The molecule has 3 rings (SSSR count). The maximum atomic E-state index is 12.9. The summed E-state index contributed by atoms with van der Waals surface area (Å²) < 4.78 is 27.2. The fourth-order valence-electron chi connectivity index (χ4n) is 4.11. The zero-order valence-corrected chi connectivity index (χ0v) is 17.1. The summed E-state index contributed by atoms with van der Waals surface area (Å²) in [6.07, 6.45) is 3.56. The lowest BCUT2D eigenvalue weighted by Gasteiger charge is -2.35. The van der Waals surface area contributed by atoms with Gasteiger partial charge in [-0.25, -0.2) is 8.42 Å². The Kier molecular flexibility index (Phi) is 6.55. The van der Waals surface area contributed by atoms with Gasteiger partial charge in [0.05, 0.1) is 4.90 Å². The van der Waals surface area contributed by atoms with E-state index in [4.69, 9.17) is 0 Å². The van der Waals surface area contributed by atoms with Crippen molar-refractivity contribution in [3.8, 4) is 0 Å². The molecule has 6 nitrogen and oxygen atoms in total. The molecular formula is C20H31N3O3S. The van der Waals surface area contributed by atoms with Crippen LogP contribution in [-0.2, 0) is 14.8 Å².